The molecule has 4 heterocycles. The SMILES string of the molecule is CS(=O)(=O)[C@@H](c1nc2n(c1O)C(=NC(=O)Nc1ccc(Cl)cc1)N=N2)c1nc(O)c2n1C(=NC(=O)Nc1ccc(Cl)cc1)N=N2. The summed E-state index contributed by atoms with van der Waals surface area (Å²) in [5, 5.41) is 40.6. The van der Waals surface area contributed by atoms with E-state index in [1.54, 1.807) is 12.1 Å². The van der Waals surface area contributed by atoms with E-state index in [4.69, 9.17) is 23.2 Å². The van der Waals surface area contributed by atoms with Gasteiger partial charge in [0.1, 0.15) is 11.5 Å². The summed E-state index contributed by atoms with van der Waals surface area (Å²) in [6, 6.07) is 10.5. The first-order chi connectivity index (χ1) is 21.4. The van der Waals surface area contributed by atoms with Crippen LogP contribution >= 0.6 is 23.2 Å². The van der Waals surface area contributed by atoms with Crippen LogP contribution < -0.4 is 10.6 Å². The average Bonchev–Trinajstić information content (AvgIpc) is 3.72. The maximum atomic E-state index is 13.2. The molecule has 0 fully saturated rings. The van der Waals surface area contributed by atoms with Crippen LogP contribution in [-0.2, 0) is 9.84 Å². The van der Waals surface area contributed by atoms with Gasteiger partial charge in [-0.1, -0.05) is 23.2 Å². The van der Waals surface area contributed by atoms with Crippen LogP contribution in [0.2, 0.25) is 10.0 Å². The molecule has 2 aliphatic rings. The number of nitrogens with zero attached hydrogens (tertiary/aromatic N) is 10. The van der Waals surface area contributed by atoms with Crippen LogP contribution in [0, 0.1) is 0 Å². The van der Waals surface area contributed by atoms with Crippen molar-refractivity contribution in [3.63, 3.8) is 0 Å². The van der Waals surface area contributed by atoms with Gasteiger partial charge >= 0.3 is 12.1 Å². The van der Waals surface area contributed by atoms with Gasteiger partial charge in [-0.25, -0.2) is 32.1 Å². The van der Waals surface area contributed by atoms with E-state index in [0.29, 0.717) is 21.4 Å². The van der Waals surface area contributed by atoms with Crippen LogP contribution in [-0.4, -0.2) is 68.0 Å². The monoisotopic (exact) mass is 670 g/mol. The Morgan fingerprint density at radius 3 is 1.84 bits per heavy atom. The second-order valence-electron chi connectivity index (χ2n) is 9.22. The Morgan fingerprint density at radius 2 is 1.31 bits per heavy atom. The fourth-order valence-electron chi connectivity index (χ4n) is 4.21. The largest absolute Gasteiger partial charge is 0.493 e. The van der Waals surface area contributed by atoms with E-state index in [1.807, 2.05) is 0 Å². The summed E-state index contributed by atoms with van der Waals surface area (Å²) in [7, 11) is -4.26. The number of carbonyl (C=O) groups excluding carboxylic acids is 2. The van der Waals surface area contributed by atoms with Gasteiger partial charge in [-0.3, -0.25) is 0 Å². The van der Waals surface area contributed by atoms with E-state index >= 15 is 0 Å². The number of aliphatic imine (C=N–C) groups is 2. The van der Waals surface area contributed by atoms with Crippen LogP contribution in [0.4, 0.5) is 32.7 Å². The van der Waals surface area contributed by atoms with Crippen molar-refractivity contribution in [2.75, 3.05) is 16.9 Å². The predicted octanol–water partition coefficient (Wildman–Crippen LogP) is 5.00. The number of imidazole rings is 2. The number of fused-ring (bicyclic) bond motifs is 2. The van der Waals surface area contributed by atoms with Gasteiger partial charge in [0, 0.05) is 27.7 Å². The lowest BCUT2D eigenvalue weighted by Gasteiger charge is -2.14. The van der Waals surface area contributed by atoms with Crippen LogP contribution in [0.1, 0.15) is 16.8 Å². The van der Waals surface area contributed by atoms with Gasteiger partial charge in [0.05, 0.1) is 0 Å². The van der Waals surface area contributed by atoms with Crippen molar-refractivity contribution in [1.82, 2.24) is 19.1 Å². The maximum absolute atomic E-state index is 13.2. The number of rotatable bonds is 5. The highest BCUT2D eigenvalue weighted by atomic mass is 35.5. The molecular formula is C24H16Cl2N12O6S. The number of sulfone groups is 1. The number of hydrogen-bond acceptors (Lipinski definition) is 10. The molecule has 0 spiro atoms. The molecule has 1 atom stereocenters. The van der Waals surface area contributed by atoms with Crippen molar-refractivity contribution in [1.29, 1.82) is 0 Å². The summed E-state index contributed by atoms with van der Waals surface area (Å²) >= 11 is 11.7. The maximum Gasteiger partial charge on any atom is 0.348 e. The number of urea groups is 2. The summed E-state index contributed by atoms with van der Waals surface area (Å²) in [5.74, 6) is -3.51. The first kappa shape index (κ1) is 29.5. The highest BCUT2D eigenvalue weighted by Crippen LogP contribution is 2.43. The Labute approximate surface area is 261 Å². The molecule has 45 heavy (non-hydrogen) atoms. The smallest absolute Gasteiger partial charge is 0.348 e. The minimum absolute atomic E-state index is 0.308. The zero-order chi connectivity index (χ0) is 32.0. The number of carbonyl (C=O) groups is 2. The Balaban J connectivity index is 1.35. The Hall–Kier alpha value is -5.53. The third-order valence-corrected chi connectivity index (χ3v) is 7.89. The molecule has 21 heteroatoms. The highest BCUT2D eigenvalue weighted by molar-refractivity contribution is 7.91. The van der Waals surface area contributed by atoms with Gasteiger partial charge in [-0.15, -0.1) is 20.5 Å². The molecule has 2 aromatic carbocycles. The molecule has 0 saturated carbocycles. The number of hydrogen-bond donors (Lipinski definition) is 4. The van der Waals surface area contributed by atoms with Crippen molar-refractivity contribution in [3.8, 4) is 11.8 Å². The second-order valence-corrected chi connectivity index (χ2v) is 12.2. The van der Waals surface area contributed by atoms with E-state index in [-0.39, 0.29) is 11.8 Å². The lowest BCUT2D eigenvalue weighted by atomic mass is 10.3. The van der Waals surface area contributed by atoms with Crippen molar-refractivity contribution < 1.29 is 28.2 Å². The van der Waals surface area contributed by atoms with E-state index < -0.39 is 62.3 Å². The molecule has 18 nitrogen and oxygen atoms in total. The average molecular weight is 671 g/mol. The van der Waals surface area contributed by atoms with E-state index in [9.17, 15) is 28.2 Å². The van der Waals surface area contributed by atoms with Gasteiger partial charge in [0.25, 0.3) is 23.7 Å². The van der Waals surface area contributed by atoms with Gasteiger partial charge in [-0.2, -0.15) is 15.0 Å². The molecule has 4 N–H and O–H groups in total. The summed E-state index contributed by atoms with van der Waals surface area (Å²) in [5.41, 5.74) is 0.193. The zero-order valence-corrected chi connectivity index (χ0v) is 24.7. The first-order valence-corrected chi connectivity index (χ1v) is 15.1. The lowest BCUT2D eigenvalue weighted by molar-refractivity contribution is 0.258. The quantitative estimate of drug-likeness (QED) is 0.224. The first-order valence-electron chi connectivity index (χ1n) is 12.4. The van der Waals surface area contributed by atoms with Crippen molar-refractivity contribution in [2.24, 2.45) is 30.4 Å². The van der Waals surface area contributed by atoms with Crippen LogP contribution in [0.3, 0.4) is 0 Å². The van der Waals surface area contributed by atoms with Gasteiger partial charge in [-0.05, 0) is 48.5 Å². The van der Waals surface area contributed by atoms with Crippen molar-refractivity contribution >= 4 is 80.2 Å². The van der Waals surface area contributed by atoms with Crippen molar-refractivity contribution in [3.05, 3.63) is 70.1 Å². The molecule has 0 bridgehead atoms. The Bertz CT molecular complexity index is 2120. The van der Waals surface area contributed by atoms with Crippen LogP contribution in [0.5, 0.6) is 11.8 Å². The third-order valence-electron chi connectivity index (χ3n) is 6.09. The van der Waals surface area contributed by atoms with Crippen molar-refractivity contribution in [2.45, 2.75) is 5.25 Å². The van der Waals surface area contributed by atoms with Gasteiger partial charge < -0.3 is 20.8 Å². The van der Waals surface area contributed by atoms with E-state index in [1.165, 1.54) is 36.4 Å². The molecule has 0 radical (unpaired) electrons. The molecule has 228 valence electrons. The fourth-order valence-corrected chi connectivity index (χ4v) is 5.56. The second kappa shape index (κ2) is 11.2. The third kappa shape index (κ3) is 5.73. The molecule has 4 amide bonds. The highest BCUT2D eigenvalue weighted by Gasteiger charge is 2.41. The number of amides is 4. The number of nitrogens with one attached hydrogen (secondary N) is 2. The number of azo groups is 2. The number of benzene rings is 2. The summed E-state index contributed by atoms with van der Waals surface area (Å²) < 4.78 is 28.1. The van der Waals surface area contributed by atoms with Crippen LogP contribution in [0.25, 0.3) is 0 Å². The molecule has 6 rings (SSSR count). The molecular weight excluding hydrogens is 655 g/mol. The Kier molecular flexibility index (Phi) is 7.35. The molecule has 2 aromatic heterocycles. The number of halogens is 2. The molecule has 0 unspecified atom stereocenters. The molecule has 0 aliphatic carbocycles. The van der Waals surface area contributed by atoms with Gasteiger partial charge in [0.15, 0.2) is 15.1 Å². The zero-order valence-electron chi connectivity index (χ0n) is 22.4. The number of aromatic hydroxyl groups is 2. The Morgan fingerprint density at radius 1 is 0.800 bits per heavy atom. The van der Waals surface area contributed by atoms with Gasteiger partial charge in [0.2, 0.25) is 11.7 Å². The van der Waals surface area contributed by atoms with E-state index in [0.717, 1.165) is 15.4 Å². The molecule has 2 aliphatic heterocycles. The normalized spacial score (nSPS) is 15.8. The molecule has 0 saturated heterocycles. The summed E-state index contributed by atoms with van der Waals surface area (Å²) in [4.78, 5) is 40.8. The van der Waals surface area contributed by atoms with Crippen LogP contribution in [0.15, 0.2) is 79.0 Å². The number of aromatic nitrogens is 4. The topological polar surface area (TPSA) is 243 Å². The summed E-state index contributed by atoms with van der Waals surface area (Å²) in [6.45, 7) is 0. The lowest BCUT2D eigenvalue weighted by Crippen LogP contribution is -2.22. The standard InChI is InChI=1S/C24H16Cl2N12O6S/c1-45(43,44)15(14-19(40)38-20(29-14)35-36-22(38)32-24(42)28-13-8-4-11(26)5-9-13)16-30-18(39)17-33-34-21(37(16)17)31-23(41)27-12-6-2-10(25)3-7-12/h2-9,15,39-40H,1H3,(H,27,41)(H,28,42)/t15-/m0/s1. The molecule has 4 aromatic rings. The minimum atomic E-state index is -4.26. The number of anilines is 2. The summed E-state index contributed by atoms with van der Waals surface area (Å²) in [6.07, 6.45) is 0.823. The fraction of sp³-hybridized carbons (Fsp3) is 0.0833. The predicted molar refractivity (Wildman–Crippen MR) is 160 cm³/mol. The van der Waals surface area contributed by atoms with E-state index in [2.05, 4.69) is 51.0 Å². The minimum Gasteiger partial charge on any atom is -0.493 e.